The first-order valence-corrected chi connectivity index (χ1v) is 7.72. The Morgan fingerprint density at radius 3 is 2.61 bits per heavy atom. The van der Waals surface area contributed by atoms with Crippen molar-refractivity contribution < 1.29 is 14.3 Å². The van der Waals surface area contributed by atoms with Gasteiger partial charge in [0.25, 0.3) is 5.91 Å². The molecule has 4 rings (SSSR count). The lowest BCUT2D eigenvalue weighted by Gasteiger charge is -2.32. The predicted molar refractivity (Wildman–Crippen MR) is 84.6 cm³/mol. The zero-order valence-electron chi connectivity index (χ0n) is 13.2. The second kappa shape index (κ2) is 4.98. The molecule has 2 aliphatic heterocycles. The highest BCUT2D eigenvalue weighted by atomic mass is 16.7. The molecule has 3 heterocycles. The van der Waals surface area contributed by atoms with Crippen LogP contribution in [0.5, 0.6) is 11.5 Å². The maximum absolute atomic E-state index is 12.9. The number of carbonyl (C=O) groups excluding carboxylic acids is 1. The van der Waals surface area contributed by atoms with Crippen LogP contribution in [0.2, 0.25) is 0 Å². The average Bonchev–Trinajstić information content (AvgIpc) is 3.07. The minimum atomic E-state index is -0.361. The number of nitrogens with zero attached hydrogens (tertiary/aromatic N) is 2. The topological polar surface area (TPSA) is 51.7 Å². The molecule has 0 saturated heterocycles. The highest BCUT2D eigenvalue weighted by Gasteiger charge is 2.43. The van der Waals surface area contributed by atoms with E-state index in [0.717, 1.165) is 17.7 Å². The van der Waals surface area contributed by atoms with Gasteiger partial charge in [0.05, 0.1) is 5.54 Å². The van der Waals surface area contributed by atoms with Crippen molar-refractivity contribution in [2.45, 2.75) is 25.8 Å². The minimum absolute atomic E-state index is 0.0531. The van der Waals surface area contributed by atoms with Crippen molar-refractivity contribution in [2.24, 2.45) is 0 Å². The summed E-state index contributed by atoms with van der Waals surface area (Å²) >= 11 is 0. The molecular formula is C18H18N2O3. The zero-order valence-corrected chi connectivity index (χ0v) is 13.2. The molecule has 0 N–H and O–H groups in total. The minimum Gasteiger partial charge on any atom is -0.454 e. The fourth-order valence-corrected chi connectivity index (χ4v) is 3.34. The van der Waals surface area contributed by atoms with Gasteiger partial charge in [-0.1, -0.05) is 0 Å². The lowest BCUT2D eigenvalue weighted by Crippen LogP contribution is -2.40. The van der Waals surface area contributed by atoms with Gasteiger partial charge >= 0.3 is 0 Å². The smallest absolute Gasteiger partial charge is 0.255 e. The summed E-state index contributed by atoms with van der Waals surface area (Å²) in [6.07, 6.45) is 4.36. The second-order valence-electron chi connectivity index (χ2n) is 6.37. The molecule has 0 spiro atoms. The van der Waals surface area contributed by atoms with Crippen LogP contribution >= 0.6 is 0 Å². The Labute approximate surface area is 134 Å². The number of rotatable bonds is 3. The van der Waals surface area contributed by atoms with E-state index < -0.39 is 0 Å². The molecule has 0 unspecified atom stereocenters. The third-order valence-electron chi connectivity index (χ3n) is 4.70. The summed E-state index contributed by atoms with van der Waals surface area (Å²) in [5.74, 6) is 1.43. The number of benzene rings is 1. The maximum atomic E-state index is 12.9. The molecule has 23 heavy (non-hydrogen) atoms. The van der Waals surface area contributed by atoms with E-state index in [2.05, 4.69) is 18.8 Å². The molecule has 118 valence electrons. The largest absolute Gasteiger partial charge is 0.454 e. The summed E-state index contributed by atoms with van der Waals surface area (Å²) < 4.78 is 10.9. The first-order chi connectivity index (χ1) is 11.1. The molecule has 5 nitrogen and oxygen atoms in total. The van der Waals surface area contributed by atoms with Gasteiger partial charge in [-0.2, -0.15) is 0 Å². The third kappa shape index (κ3) is 2.15. The van der Waals surface area contributed by atoms with E-state index in [0.29, 0.717) is 17.9 Å². The molecule has 0 fully saturated rings. The molecule has 0 saturated carbocycles. The van der Waals surface area contributed by atoms with Crippen molar-refractivity contribution in [3.63, 3.8) is 0 Å². The Morgan fingerprint density at radius 2 is 1.87 bits per heavy atom. The van der Waals surface area contributed by atoms with Crippen LogP contribution in [0.1, 0.15) is 35.3 Å². The fourth-order valence-electron chi connectivity index (χ4n) is 3.34. The van der Waals surface area contributed by atoms with Gasteiger partial charge in [0.15, 0.2) is 11.5 Å². The highest BCUT2D eigenvalue weighted by molar-refractivity contribution is 6.00. The summed E-state index contributed by atoms with van der Waals surface area (Å²) in [7, 11) is 0. The van der Waals surface area contributed by atoms with Crippen LogP contribution in [-0.2, 0) is 12.0 Å². The van der Waals surface area contributed by atoms with E-state index in [9.17, 15) is 4.79 Å². The van der Waals surface area contributed by atoms with Crippen LogP contribution in [0.3, 0.4) is 0 Å². The summed E-state index contributed by atoms with van der Waals surface area (Å²) in [4.78, 5) is 18.8. The van der Waals surface area contributed by atoms with Gasteiger partial charge < -0.3 is 14.4 Å². The van der Waals surface area contributed by atoms with Crippen LogP contribution in [0, 0.1) is 0 Å². The Morgan fingerprint density at radius 1 is 1.17 bits per heavy atom. The standard InChI is InChI=1S/C18H18N2O3/c1-18(2)14-10-16-15(22-11-23-16)9-13(14)17(21)20(18)8-5-12-3-6-19-7-4-12/h3-4,6-7,9-10H,5,8,11H2,1-2H3. The quantitative estimate of drug-likeness (QED) is 0.875. The van der Waals surface area contributed by atoms with Gasteiger partial charge in [-0.25, -0.2) is 0 Å². The molecule has 0 bridgehead atoms. The normalized spacial score (nSPS) is 17.5. The number of hydrogen-bond acceptors (Lipinski definition) is 4. The van der Waals surface area contributed by atoms with Gasteiger partial charge in [-0.05, 0) is 55.7 Å². The number of fused-ring (bicyclic) bond motifs is 2. The summed E-state index contributed by atoms with van der Waals surface area (Å²) in [5, 5.41) is 0. The van der Waals surface area contributed by atoms with E-state index in [1.165, 1.54) is 5.56 Å². The second-order valence-corrected chi connectivity index (χ2v) is 6.37. The van der Waals surface area contributed by atoms with Crippen molar-refractivity contribution >= 4 is 5.91 Å². The molecule has 2 aromatic rings. The monoisotopic (exact) mass is 310 g/mol. The molecule has 5 heteroatoms. The third-order valence-corrected chi connectivity index (χ3v) is 4.70. The number of aromatic nitrogens is 1. The molecule has 0 aliphatic carbocycles. The van der Waals surface area contributed by atoms with Crippen LogP contribution in [0.25, 0.3) is 0 Å². The predicted octanol–water partition coefficient (Wildman–Crippen LogP) is 2.74. The number of ether oxygens (including phenoxy) is 2. The first-order valence-electron chi connectivity index (χ1n) is 7.72. The van der Waals surface area contributed by atoms with Crippen LogP contribution in [0.4, 0.5) is 0 Å². The van der Waals surface area contributed by atoms with Crippen molar-refractivity contribution in [3.05, 3.63) is 53.3 Å². The number of hydrogen-bond donors (Lipinski definition) is 0. The first kappa shape index (κ1) is 14.1. The van der Waals surface area contributed by atoms with Crippen LogP contribution in [-0.4, -0.2) is 29.1 Å². The SMILES string of the molecule is CC1(C)c2cc3c(cc2C(=O)N1CCc1ccncc1)OCO3. The summed E-state index contributed by atoms with van der Waals surface area (Å²) in [6.45, 7) is 5.03. The number of carbonyl (C=O) groups is 1. The molecule has 0 atom stereocenters. The van der Waals surface area contributed by atoms with Gasteiger partial charge in [-0.15, -0.1) is 0 Å². The van der Waals surface area contributed by atoms with Crippen molar-refractivity contribution in [2.75, 3.05) is 13.3 Å². The van der Waals surface area contributed by atoms with Crippen LogP contribution in [0.15, 0.2) is 36.7 Å². The van der Waals surface area contributed by atoms with E-state index in [1.807, 2.05) is 29.2 Å². The van der Waals surface area contributed by atoms with Crippen molar-refractivity contribution in [3.8, 4) is 11.5 Å². The maximum Gasteiger partial charge on any atom is 0.255 e. The Hall–Kier alpha value is -2.56. The van der Waals surface area contributed by atoms with E-state index in [4.69, 9.17) is 9.47 Å². The summed E-state index contributed by atoms with van der Waals surface area (Å²) in [5.41, 5.74) is 2.53. The molecular weight excluding hydrogens is 292 g/mol. The Kier molecular flexibility index (Phi) is 3.04. The molecule has 1 aromatic heterocycles. The average molecular weight is 310 g/mol. The van der Waals surface area contributed by atoms with E-state index >= 15 is 0 Å². The van der Waals surface area contributed by atoms with E-state index in [1.54, 1.807) is 12.4 Å². The molecule has 1 aromatic carbocycles. The highest BCUT2D eigenvalue weighted by Crippen LogP contribution is 2.45. The molecule has 2 aliphatic rings. The molecule has 0 radical (unpaired) electrons. The van der Waals surface area contributed by atoms with Gasteiger partial charge in [0, 0.05) is 24.5 Å². The Bertz CT molecular complexity index is 771. The lowest BCUT2D eigenvalue weighted by molar-refractivity contribution is 0.0621. The van der Waals surface area contributed by atoms with Gasteiger partial charge in [0.2, 0.25) is 6.79 Å². The molecule has 1 amide bonds. The van der Waals surface area contributed by atoms with Crippen LogP contribution < -0.4 is 9.47 Å². The lowest BCUT2D eigenvalue weighted by atomic mass is 9.93. The summed E-state index contributed by atoms with van der Waals surface area (Å²) in [6, 6.07) is 7.73. The van der Waals surface area contributed by atoms with Gasteiger partial charge in [-0.3, -0.25) is 9.78 Å². The fraction of sp³-hybridized carbons (Fsp3) is 0.333. The van der Waals surface area contributed by atoms with E-state index in [-0.39, 0.29) is 18.2 Å². The van der Waals surface area contributed by atoms with Crippen molar-refractivity contribution in [1.29, 1.82) is 0 Å². The Balaban J connectivity index is 1.63. The number of pyridine rings is 1. The zero-order chi connectivity index (χ0) is 16.0. The van der Waals surface area contributed by atoms with Gasteiger partial charge in [0.1, 0.15) is 0 Å². The number of amides is 1. The van der Waals surface area contributed by atoms with Crippen molar-refractivity contribution in [1.82, 2.24) is 9.88 Å².